The van der Waals surface area contributed by atoms with E-state index in [-0.39, 0.29) is 22.9 Å². The third kappa shape index (κ3) is 8.19. The lowest BCUT2D eigenvalue weighted by molar-refractivity contribution is 0.0160. The number of aromatic nitrogens is 2. The number of nitrogens with zero attached hydrogens (tertiary/aromatic N) is 2. The number of aryl methyl sites for hydroxylation is 2. The first-order chi connectivity index (χ1) is 20.7. The molecule has 3 aromatic rings. The molecule has 2 N–H and O–H groups in total. The molecule has 3 heterocycles. The lowest BCUT2D eigenvalue weighted by Crippen LogP contribution is -2.40. The number of hydrogen-bond donors (Lipinski definition) is 2. The maximum atomic E-state index is 12.9. The van der Waals surface area contributed by atoms with Crippen molar-refractivity contribution in [2.45, 2.75) is 52.0 Å². The Bertz CT molecular complexity index is 1400. The number of esters is 1. The molecule has 10 nitrogen and oxygen atoms in total. The summed E-state index contributed by atoms with van der Waals surface area (Å²) in [5, 5.41) is 16.3. The van der Waals surface area contributed by atoms with Gasteiger partial charge in [0, 0.05) is 31.9 Å². The van der Waals surface area contributed by atoms with Crippen molar-refractivity contribution in [2.24, 2.45) is 5.41 Å². The molecule has 0 saturated carbocycles. The number of aromatic carboxylic acids is 1. The van der Waals surface area contributed by atoms with Crippen LogP contribution < -0.4 is 10.1 Å². The first-order valence-electron chi connectivity index (χ1n) is 14.5. The van der Waals surface area contributed by atoms with E-state index in [1.54, 1.807) is 31.4 Å². The normalized spacial score (nSPS) is 15.4. The highest BCUT2D eigenvalue weighted by Crippen LogP contribution is 2.38. The number of fused-ring (bicyclic) bond motifs is 1. The number of amides is 1. The van der Waals surface area contributed by atoms with Crippen LogP contribution in [-0.2, 0) is 28.9 Å². The van der Waals surface area contributed by atoms with Crippen LogP contribution in [0.15, 0.2) is 48.5 Å². The first kappa shape index (κ1) is 31.7. The Kier molecular flexibility index (Phi) is 10.9. The van der Waals surface area contributed by atoms with E-state index in [0.717, 1.165) is 75.1 Å². The number of rotatable bonds is 9. The fraction of sp³-hybridized carbons (Fsp3) is 0.438. The molecule has 2 aromatic carbocycles. The zero-order valence-electron chi connectivity index (χ0n) is 24.6. The lowest BCUT2D eigenvalue weighted by atomic mass is 9.75. The molecule has 1 aromatic heterocycles. The van der Waals surface area contributed by atoms with E-state index in [1.165, 1.54) is 12.1 Å². The van der Waals surface area contributed by atoms with Gasteiger partial charge in [0.25, 0.3) is 5.91 Å². The zero-order valence-corrected chi connectivity index (χ0v) is 24.6. The second-order valence-corrected chi connectivity index (χ2v) is 10.7. The van der Waals surface area contributed by atoms with Crippen LogP contribution >= 0.6 is 0 Å². The molecule has 1 saturated heterocycles. The van der Waals surface area contributed by atoms with Gasteiger partial charge in [0.15, 0.2) is 0 Å². The second-order valence-electron chi connectivity index (χ2n) is 10.7. The molecular formula is C32H38FN3O7. The van der Waals surface area contributed by atoms with Gasteiger partial charge in [-0.25, -0.2) is 14.0 Å². The van der Waals surface area contributed by atoms with Gasteiger partial charge in [0.2, 0.25) is 0 Å². The van der Waals surface area contributed by atoms with Crippen molar-refractivity contribution in [3.05, 3.63) is 82.4 Å². The minimum absolute atomic E-state index is 0.0256. The number of carbonyl (C=O) groups excluding carboxylic acids is 2. The van der Waals surface area contributed by atoms with Crippen LogP contribution in [0.1, 0.15) is 75.1 Å². The molecule has 1 spiro atoms. The van der Waals surface area contributed by atoms with E-state index in [2.05, 4.69) is 5.32 Å². The van der Waals surface area contributed by atoms with E-state index in [9.17, 15) is 18.8 Å². The Morgan fingerprint density at radius 3 is 2.37 bits per heavy atom. The molecule has 0 unspecified atom stereocenters. The highest BCUT2D eigenvalue weighted by atomic mass is 19.1. The minimum atomic E-state index is -1.04. The third-order valence-corrected chi connectivity index (χ3v) is 7.84. The van der Waals surface area contributed by atoms with E-state index >= 15 is 0 Å². The maximum Gasteiger partial charge on any atom is 0.338 e. The average Bonchev–Trinajstić information content (AvgIpc) is 3.30. The van der Waals surface area contributed by atoms with Crippen LogP contribution in [0.4, 0.5) is 4.39 Å². The largest absolute Gasteiger partial charge is 0.497 e. The summed E-state index contributed by atoms with van der Waals surface area (Å²) in [6.45, 7) is 5.19. The summed E-state index contributed by atoms with van der Waals surface area (Å²) in [6, 6.07) is 11.6. The van der Waals surface area contributed by atoms with Crippen molar-refractivity contribution in [1.29, 1.82) is 0 Å². The molecule has 2 aliphatic heterocycles. The molecule has 2 aliphatic rings. The molecule has 0 radical (unpaired) electrons. The Hall–Kier alpha value is -4.25. The molecular weight excluding hydrogens is 557 g/mol. The number of ether oxygens (including phenoxy) is 3. The number of halogens is 1. The Morgan fingerprint density at radius 2 is 1.74 bits per heavy atom. The number of carboxylic acid groups (broad SMARTS) is 1. The predicted molar refractivity (Wildman–Crippen MR) is 156 cm³/mol. The number of carbonyl (C=O) groups is 3. The maximum absolute atomic E-state index is 12.9. The standard InChI is InChI=1S/C25H33N3O5.C7H5FO2/c1-3-28-22-20(16-25(17-26-23(22)29)11-14-32-15-12-25)21(27-28)6-4-5-13-33-24(30)18-7-9-19(31-2)10-8-18;8-6-3-1-5(2-4-6)7(9)10/h7-10H,3-6,11-17H2,1-2H3,(H,26,29);1-4H,(H,9,10). The van der Waals surface area contributed by atoms with Crippen molar-refractivity contribution >= 4 is 17.8 Å². The molecule has 0 atom stereocenters. The summed E-state index contributed by atoms with van der Waals surface area (Å²) < 4.78 is 30.1. The van der Waals surface area contributed by atoms with E-state index in [0.29, 0.717) is 36.7 Å². The molecule has 0 aliphatic carbocycles. The average molecular weight is 596 g/mol. The van der Waals surface area contributed by atoms with Gasteiger partial charge in [-0.15, -0.1) is 0 Å². The van der Waals surface area contributed by atoms with Crippen LogP contribution in [0.25, 0.3) is 0 Å². The summed E-state index contributed by atoms with van der Waals surface area (Å²) >= 11 is 0. The number of carboxylic acids is 1. The monoisotopic (exact) mass is 595 g/mol. The molecule has 0 bridgehead atoms. The number of unbranched alkanes of at least 4 members (excludes halogenated alkanes) is 1. The molecule has 11 heteroatoms. The Morgan fingerprint density at radius 1 is 1.07 bits per heavy atom. The van der Waals surface area contributed by atoms with Crippen molar-refractivity contribution in [2.75, 3.05) is 33.5 Å². The second kappa shape index (κ2) is 14.8. The molecule has 1 amide bonds. The number of benzene rings is 2. The summed E-state index contributed by atoms with van der Waals surface area (Å²) in [5.41, 5.74) is 3.45. The van der Waals surface area contributed by atoms with Crippen LogP contribution in [0.5, 0.6) is 5.75 Å². The molecule has 43 heavy (non-hydrogen) atoms. The smallest absolute Gasteiger partial charge is 0.338 e. The van der Waals surface area contributed by atoms with Gasteiger partial charge < -0.3 is 24.6 Å². The van der Waals surface area contributed by atoms with Gasteiger partial charge >= 0.3 is 11.9 Å². The van der Waals surface area contributed by atoms with Gasteiger partial charge in [-0.1, -0.05) is 0 Å². The number of hydrogen-bond acceptors (Lipinski definition) is 7. The summed E-state index contributed by atoms with van der Waals surface area (Å²) in [4.78, 5) is 35.3. The van der Waals surface area contributed by atoms with Gasteiger partial charge in [-0.2, -0.15) is 5.10 Å². The van der Waals surface area contributed by atoms with Crippen LogP contribution in [0.3, 0.4) is 0 Å². The molecule has 5 rings (SSSR count). The van der Waals surface area contributed by atoms with Gasteiger partial charge in [-0.3, -0.25) is 9.48 Å². The highest BCUT2D eigenvalue weighted by Gasteiger charge is 2.39. The lowest BCUT2D eigenvalue weighted by Gasteiger charge is -2.36. The Labute approximate surface area is 250 Å². The first-order valence-corrected chi connectivity index (χ1v) is 14.5. The van der Waals surface area contributed by atoms with Gasteiger partial charge in [-0.05, 0) is 99.4 Å². The van der Waals surface area contributed by atoms with Crippen LogP contribution in [-0.4, -0.2) is 66.2 Å². The number of nitrogens with one attached hydrogen (secondary N) is 1. The fourth-order valence-electron chi connectivity index (χ4n) is 5.33. The van der Waals surface area contributed by atoms with Crippen LogP contribution in [0, 0.1) is 11.2 Å². The molecule has 230 valence electrons. The Balaban J connectivity index is 0.000000359. The van der Waals surface area contributed by atoms with Gasteiger partial charge in [0.05, 0.1) is 30.5 Å². The van der Waals surface area contributed by atoms with Crippen LogP contribution in [0.2, 0.25) is 0 Å². The fourth-order valence-corrected chi connectivity index (χ4v) is 5.33. The van der Waals surface area contributed by atoms with Gasteiger partial charge in [0.1, 0.15) is 17.3 Å². The quantitative estimate of drug-likeness (QED) is 0.269. The summed E-state index contributed by atoms with van der Waals surface area (Å²) in [6.07, 6.45) is 5.08. The van der Waals surface area contributed by atoms with Crippen molar-refractivity contribution in [3.8, 4) is 5.75 Å². The third-order valence-electron chi connectivity index (χ3n) is 7.84. The summed E-state index contributed by atoms with van der Waals surface area (Å²) in [5.74, 6) is -1.12. The zero-order chi connectivity index (χ0) is 30.8. The van der Waals surface area contributed by atoms with E-state index in [4.69, 9.17) is 24.4 Å². The van der Waals surface area contributed by atoms with Crippen molar-refractivity contribution < 1.29 is 38.1 Å². The molecule has 1 fully saturated rings. The van der Waals surface area contributed by atoms with Crippen molar-refractivity contribution in [3.63, 3.8) is 0 Å². The predicted octanol–water partition coefficient (Wildman–Crippen LogP) is 4.70. The number of methoxy groups -OCH3 is 1. The van der Waals surface area contributed by atoms with E-state index < -0.39 is 11.8 Å². The summed E-state index contributed by atoms with van der Waals surface area (Å²) in [7, 11) is 1.59. The minimum Gasteiger partial charge on any atom is -0.497 e. The van der Waals surface area contributed by atoms with Crippen molar-refractivity contribution in [1.82, 2.24) is 15.1 Å². The topological polar surface area (TPSA) is 129 Å². The highest BCUT2D eigenvalue weighted by molar-refractivity contribution is 5.95. The van der Waals surface area contributed by atoms with E-state index in [1.807, 2.05) is 11.6 Å². The SMILES string of the molecule is CCn1nc(CCCCOC(=O)c2ccc(OC)cc2)c2c1C(=O)NCC1(CCOCC1)C2.O=C(O)c1ccc(F)cc1.